The molecule has 2 aliphatic rings. The van der Waals surface area contributed by atoms with E-state index in [0.717, 1.165) is 55.4 Å². The molecule has 0 amide bonds. The first-order valence-corrected chi connectivity index (χ1v) is 10.2. The Hall–Kier alpha value is -1.26. The van der Waals surface area contributed by atoms with Crippen LogP contribution in [0.2, 0.25) is 0 Å². The second-order valence-corrected chi connectivity index (χ2v) is 7.69. The van der Waals surface area contributed by atoms with Crippen LogP contribution in [-0.2, 0) is 17.7 Å². The predicted molar refractivity (Wildman–Crippen MR) is 125 cm³/mol. The van der Waals surface area contributed by atoms with Crippen LogP contribution in [0.15, 0.2) is 17.1 Å². The fourth-order valence-corrected chi connectivity index (χ4v) is 3.89. The van der Waals surface area contributed by atoms with Gasteiger partial charge < -0.3 is 30.0 Å². The second kappa shape index (κ2) is 11.2. The maximum absolute atomic E-state index is 9.39. The monoisotopic (exact) mass is 519 g/mol. The number of rotatable bonds is 8. The van der Waals surface area contributed by atoms with E-state index >= 15 is 0 Å². The number of benzene rings is 1. The minimum atomic E-state index is -0.0274. The van der Waals surface area contributed by atoms with Crippen molar-refractivity contribution in [3.8, 4) is 11.5 Å². The maximum Gasteiger partial charge on any atom is 0.191 e. The summed E-state index contributed by atoms with van der Waals surface area (Å²) in [5, 5.41) is 16.2. The van der Waals surface area contributed by atoms with Gasteiger partial charge in [-0.3, -0.25) is 4.99 Å². The number of hydrogen-bond donors (Lipinski definition) is 3. The lowest BCUT2D eigenvalue weighted by Crippen LogP contribution is -2.44. The first-order chi connectivity index (χ1) is 13.6. The summed E-state index contributed by atoms with van der Waals surface area (Å²) in [6, 6.07) is 4.17. The number of fused-ring (bicyclic) bond motifs is 1. The summed E-state index contributed by atoms with van der Waals surface area (Å²) in [6.45, 7) is 7.60. The summed E-state index contributed by atoms with van der Waals surface area (Å²) in [5.74, 6) is 2.56. The molecule has 8 heteroatoms. The van der Waals surface area contributed by atoms with E-state index in [1.54, 1.807) is 7.05 Å². The molecule has 0 aromatic heterocycles. The molecular weight excluding hydrogens is 485 g/mol. The highest BCUT2D eigenvalue weighted by atomic mass is 127. The number of ether oxygens (including phenoxy) is 3. The molecule has 164 valence electrons. The van der Waals surface area contributed by atoms with E-state index in [9.17, 15) is 5.11 Å². The number of aliphatic hydroxyl groups is 1. The van der Waals surface area contributed by atoms with Crippen molar-refractivity contribution < 1.29 is 19.3 Å². The molecule has 1 saturated heterocycles. The van der Waals surface area contributed by atoms with Crippen molar-refractivity contribution in [3.05, 3.63) is 23.3 Å². The molecule has 0 saturated carbocycles. The Kier molecular flexibility index (Phi) is 9.29. The molecular formula is C21H34IN3O4. The lowest BCUT2D eigenvalue weighted by Gasteiger charge is -2.27. The molecule has 0 aliphatic carbocycles. The number of hydrogen-bond acceptors (Lipinski definition) is 5. The summed E-state index contributed by atoms with van der Waals surface area (Å²) in [6.07, 6.45) is 2.80. The molecule has 0 radical (unpaired) electrons. The molecule has 2 unspecified atom stereocenters. The van der Waals surface area contributed by atoms with Crippen molar-refractivity contribution in [1.82, 2.24) is 10.6 Å². The van der Waals surface area contributed by atoms with E-state index in [0.29, 0.717) is 19.8 Å². The Morgan fingerprint density at radius 3 is 2.86 bits per heavy atom. The quantitative estimate of drug-likeness (QED) is 0.278. The minimum absolute atomic E-state index is 0. The van der Waals surface area contributed by atoms with E-state index in [-0.39, 0.29) is 42.1 Å². The maximum atomic E-state index is 9.39. The zero-order valence-electron chi connectivity index (χ0n) is 17.6. The average molecular weight is 519 g/mol. The second-order valence-electron chi connectivity index (χ2n) is 7.69. The number of nitrogens with one attached hydrogen (secondary N) is 2. The lowest BCUT2D eigenvalue weighted by atomic mass is 9.84. The van der Waals surface area contributed by atoms with Gasteiger partial charge >= 0.3 is 0 Å². The van der Waals surface area contributed by atoms with Gasteiger partial charge in [-0.2, -0.15) is 0 Å². The standard InChI is InChI=1S/C21H33N3O4.HI/c1-4-27-18-10-16-9-15(2)28-19(16)11-17(18)12-23-20(22-3)24-13-21(5-7-25)6-8-26-14-21;/h10-11,15,25H,4-9,12-14H2,1-3H3,(H2,22,23,24);1H. The molecule has 0 bridgehead atoms. The third-order valence-electron chi connectivity index (χ3n) is 5.51. The summed E-state index contributed by atoms with van der Waals surface area (Å²) >= 11 is 0. The first-order valence-electron chi connectivity index (χ1n) is 10.2. The molecule has 1 aromatic rings. The smallest absolute Gasteiger partial charge is 0.191 e. The van der Waals surface area contributed by atoms with E-state index in [4.69, 9.17) is 14.2 Å². The van der Waals surface area contributed by atoms with E-state index in [1.807, 2.05) is 6.92 Å². The van der Waals surface area contributed by atoms with Gasteiger partial charge in [-0.05, 0) is 38.8 Å². The topological polar surface area (TPSA) is 84.3 Å². The number of halogens is 1. The predicted octanol–water partition coefficient (Wildman–Crippen LogP) is 2.48. The van der Waals surface area contributed by atoms with Crippen LogP contribution in [0.5, 0.6) is 11.5 Å². The molecule has 3 N–H and O–H groups in total. The van der Waals surface area contributed by atoms with Crippen LogP contribution in [0.3, 0.4) is 0 Å². The van der Waals surface area contributed by atoms with Crippen LogP contribution in [0.1, 0.15) is 37.8 Å². The Morgan fingerprint density at radius 1 is 1.38 bits per heavy atom. The average Bonchev–Trinajstić information content (AvgIpc) is 3.28. The minimum Gasteiger partial charge on any atom is -0.494 e. The highest BCUT2D eigenvalue weighted by Crippen LogP contribution is 2.35. The van der Waals surface area contributed by atoms with Gasteiger partial charge in [-0.25, -0.2) is 0 Å². The van der Waals surface area contributed by atoms with Crippen molar-refractivity contribution in [2.24, 2.45) is 10.4 Å². The van der Waals surface area contributed by atoms with Gasteiger partial charge in [-0.15, -0.1) is 24.0 Å². The summed E-state index contributed by atoms with van der Waals surface area (Å²) in [7, 11) is 1.76. The number of aliphatic hydroxyl groups excluding tert-OH is 1. The molecule has 2 aliphatic heterocycles. The Balaban J connectivity index is 0.00000300. The van der Waals surface area contributed by atoms with Crippen molar-refractivity contribution >= 4 is 29.9 Å². The van der Waals surface area contributed by atoms with Gasteiger partial charge in [-0.1, -0.05) is 0 Å². The lowest BCUT2D eigenvalue weighted by molar-refractivity contribution is 0.127. The van der Waals surface area contributed by atoms with Crippen molar-refractivity contribution in [2.75, 3.05) is 40.0 Å². The van der Waals surface area contributed by atoms with Gasteiger partial charge in [0.05, 0.1) is 13.2 Å². The normalized spacial score (nSPS) is 23.2. The summed E-state index contributed by atoms with van der Waals surface area (Å²) in [5.41, 5.74) is 2.22. The van der Waals surface area contributed by atoms with Crippen LogP contribution in [0.4, 0.5) is 0 Å². The number of aliphatic imine (C=N–C) groups is 1. The van der Waals surface area contributed by atoms with Crippen molar-refractivity contribution in [1.29, 1.82) is 0 Å². The third kappa shape index (κ3) is 6.11. The van der Waals surface area contributed by atoms with Crippen LogP contribution >= 0.6 is 24.0 Å². The van der Waals surface area contributed by atoms with Crippen LogP contribution < -0.4 is 20.1 Å². The molecule has 1 aromatic carbocycles. The van der Waals surface area contributed by atoms with Crippen molar-refractivity contribution in [2.45, 2.75) is 45.8 Å². The number of nitrogens with zero attached hydrogens (tertiary/aromatic N) is 1. The SMILES string of the molecule is CCOc1cc2c(cc1CNC(=NC)NCC1(CCO)CCOC1)OC(C)C2.I. The third-order valence-corrected chi connectivity index (χ3v) is 5.51. The molecule has 1 fully saturated rings. The van der Waals surface area contributed by atoms with Crippen LogP contribution in [0.25, 0.3) is 0 Å². The van der Waals surface area contributed by atoms with Gasteiger partial charge in [0.1, 0.15) is 17.6 Å². The molecule has 3 rings (SSSR count). The zero-order valence-corrected chi connectivity index (χ0v) is 20.0. The van der Waals surface area contributed by atoms with E-state index in [2.05, 4.69) is 34.7 Å². The van der Waals surface area contributed by atoms with Gasteiger partial charge in [0.25, 0.3) is 0 Å². The summed E-state index contributed by atoms with van der Waals surface area (Å²) < 4.78 is 17.3. The Morgan fingerprint density at radius 2 is 2.21 bits per heavy atom. The van der Waals surface area contributed by atoms with Gasteiger partial charge in [0.2, 0.25) is 0 Å². The van der Waals surface area contributed by atoms with Crippen LogP contribution in [-0.4, -0.2) is 57.2 Å². The van der Waals surface area contributed by atoms with E-state index in [1.165, 1.54) is 5.56 Å². The van der Waals surface area contributed by atoms with Gasteiger partial charge in [0.15, 0.2) is 5.96 Å². The number of guanidine groups is 1. The fraction of sp³-hybridized carbons (Fsp3) is 0.667. The van der Waals surface area contributed by atoms with Crippen LogP contribution in [0, 0.1) is 5.41 Å². The largest absolute Gasteiger partial charge is 0.494 e. The van der Waals surface area contributed by atoms with E-state index < -0.39 is 0 Å². The summed E-state index contributed by atoms with van der Waals surface area (Å²) in [4.78, 5) is 4.33. The molecule has 2 atom stereocenters. The van der Waals surface area contributed by atoms with Crippen molar-refractivity contribution in [3.63, 3.8) is 0 Å². The molecule has 0 spiro atoms. The highest BCUT2D eigenvalue weighted by Gasteiger charge is 2.34. The fourth-order valence-electron chi connectivity index (χ4n) is 3.89. The first kappa shape index (κ1) is 24.0. The molecule has 7 nitrogen and oxygen atoms in total. The molecule has 2 heterocycles. The van der Waals surface area contributed by atoms with Gasteiger partial charge in [0, 0.05) is 56.3 Å². The Labute approximate surface area is 190 Å². The zero-order chi connectivity index (χ0) is 20.0. The Bertz CT molecular complexity index is 693. The highest BCUT2D eigenvalue weighted by molar-refractivity contribution is 14.0. The molecule has 29 heavy (non-hydrogen) atoms.